The van der Waals surface area contributed by atoms with Gasteiger partial charge in [0.05, 0.1) is 17.4 Å². The van der Waals surface area contributed by atoms with Gasteiger partial charge in [0.2, 0.25) is 0 Å². The molecular weight excluding hydrogens is 286 g/mol. The highest BCUT2D eigenvalue weighted by atomic mass is 16.1. The number of hydrogen-bond acceptors (Lipinski definition) is 3. The van der Waals surface area contributed by atoms with Gasteiger partial charge in [0, 0.05) is 18.4 Å². The van der Waals surface area contributed by atoms with Gasteiger partial charge >= 0.3 is 0 Å². The van der Waals surface area contributed by atoms with Crippen LogP contribution in [0.15, 0.2) is 36.7 Å². The summed E-state index contributed by atoms with van der Waals surface area (Å²) in [7, 11) is 0. The van der Waals surface area contributed by atoms with Crippen molar-refractivity contribution in [3.8, 4) is 0 Å². The van der Waals surface area contributed by atoms with Crippen molar-refractivity contribution in [2.75, 3.05) is 11.9 Å². The smallest absolute Gasteiger partial charge is 0.252 e. The van der Waals surface area contributed by atoms with Crippen LogP contribution in [0.25, 0.3) is 0 Å². The Labute approximate surface area is 138 Å². The Kier molecular flexibility index (Phi) is 6.15. The van der Waals surface area contributed by atoms with Crippen molar-refractivity contribution >= 4 is 17.3 Å². The van der Waals surface area contributed by atoms with Crippen molar-refractivity contribution < 1.29 is 4.79 Å². The fraction of sp³-hybridized carbons (Fsp3) is 0.368. The lowest BCUT2D eigenvalue weighted by Crippen LogP contribution is -2.24. The molecule has 0 aliphatic carbocycles. The molecule has 0 aliphatic heterocycles. The molecule has 122 valence electrons. The minimum atomic E-state index is -0.0706. The highest BCUT2D eigenvalue weighted by Gasteiger charge is 2.08. The van der Waals surface area contributed by atoms with Gasteiger partial charge in [-0.3, -0.25) is 9.78 Å². The lowest BCUT2D eigenvalue weighted by Gasteiger charge is -2.13. The maximum absolute atomic E-state index is 12.2. The molecule has 0 spiro atoms. The Morgan fingerprint density at radius 2 is 1.87 bits per heavy atom. The fourth-order valence-electron chi connectivity index (χ4n) is 2.47. The van der Waals surface area contributed by atoms with Crippen LogP contribution < -0.4 is 10.6 Å². The SMILES string of the molecule is CCCCCNC(=O)c1cncc(Nc2c(C)cccc2C)c1. The average molecular weight is 311 g/mol. The van der Waals surface area contributed by atoms with Crippen LogP contribution in [0, 0.1) is 13.8 Å². The molecule has 1 aromatic carbocycles. The molecule has 0 bridgehead atoms. The van der Waals surface area contributed by atoms with Gasteiger partial charge in [-0.2, -0.15) is 0 Å². The fourth-order valence-corrected chi connectivity index (χ4v) is 2.47. The predicted molar refractivity (Wildman–Crippen MR) is 95.3 cm³/mol. The Morgan fingerprint density at radius 3 is 2.57 bits per heavy atom. The third kappa shape index (κ3) is 4.81. The van der Waals surface area contributed by atoms with Crippen LogP contribution in [0.5, 0.6) is 0 Å². The first-order chi connectivity index (χ1) is 11.1. The summed E-state index contributed by atoms with van der Waals surface area (Å²) in [4.78, 5) is 16.3. The standard InChI is InChI=1S/C19H25N3O/c1-4-5-6-10-21-19(23)16-11-17(13-20-12-16)22-18-14(2)8-7-9-15(18)3/h7-9,11-13,22H,4-6,10H2,1-3H3,(H,21,23). The summed E-state index contributed by atoms with van der Waals surface area (Å²) in [5, 5.41) is 6.31. The first-order valence-corrected chi connectivity index (χ1v) is 8.18. The van der Waals surface area contributed by atoms with Gasteiger partial charge in [-0.25, -0.2) is 0 Å². The summed E-state index contributed by atoms with van der Waals surface area (Å²) in [6.07, 6.45) is 6.63. The Hall–Kier alpha value is -2.36. The van der Waals surface area contributed by atoms with E-state index in [1.165, 1.54) is 11.1 Å². The lowest BCUT2D eigenvalue weighted by molar-refractivity contribution is 0.0952. The Morgan fingerprint density at radius 1 is 1.13 bits per heavy atom. The largest absolute Gasteiger partial charge is 0.354 e. The minimum Gasteiger partial charge on any atom is -0.354 e. The quantitative estimate of drug-likeness (QED) is 0.747. The van der Waals surface area contributed by atoms with E-state index in [0.29, 0.717) is 12.1 Å². The zero-order valence-electron chi connectivity index (χ0n) is 14.1. The Balaban J connectivity index is 2.06. The van der Waals surface area contributed by atoms with Crippen LogP contribution in [0.3, 0.4) is 0 Å². The molecule has 4 heteroatoms. The summed E-state index contributed by atoms with van der Waals surface area (Å²) >= 11 is 0. The zero-order chi connectivity index (χ0) is 16.7. The van der Waals surface area contributed by atoms with E-state index >= 15 is 0 Å². The highest BCUT2D eigenvalue weighted by Crippen LogP contribution is 2.24. The van der Waals surface area contributed by atoms with Crippen LogP contribution in [0.1, 0.15) is 47.7 Å². The predicted octanol–water partition coefficient (Wildman–Crippen LogP) is 4.36. The number of carbonyl (C=O) groups excluding carboxylic acids is 1. The monoisotopic (exact) mass is 311 g/mol. The van der Waals surface area contributed by atoms with Gasteiger partial charge < -0.3 is 10.6 Å². The van der Waals surface area contributed by atoms with Crippen LogP contribution in [0.2, 0.25) is 0 Å². The molecule has 1 amide bonds. The normalized spacial score (nSPS) is 10.4. The molecule has 0 unspecified atom stereocenters. The summed E-state index contributed by atoms with van der Waals surface area (Å²) in [6.45, 7) is 6.98. The van der Waals surface area contributed by atoms with Crippen LogP contribution >= 0.6 is 0 Å². The number of benzene rings is 1. The van der Waals surface area contributed by atoms with Crippen LogP contribution in [0.4, 0.5) is 11.4 Å². The van der Waals surface area contributed by atoms with Gasteiger partial charge in [-0.05, 0) is 37.5 Å². The van der Waals surface area contributed by atoms with E-state index < -0.39 is 0 Å². The molecule has 0 fully saturated rings. The van der Waals surface area contributed by atoms with E-state index in [-0.39, 0.29) is 5.91 Å². The molecule has 0 saturated heterocycles. The van der Waals surface area contributed by atoms with Crippen molar-refractivity contribution in [2.45, 2.75) is 40.0 Å². The number of aromatic nitrogens is 1. The zero-order valence-corrected chi connectivity index (χ0v) is 14.1. The number of nitrogens with one attached hydrogen (secondary N) is 2. The van der Waals surface area contributed by atoms with Crippen molar-refractivity contribution in [3.05, 3.63) is 53.3 Å². The summed E-state index contributed by atoms with van der Waals surface area (Å²) in [5.74, 6) is -0.0706. The van der Waals surface area contributed by atoms with Crippen LogP contribution in [-0.4, -0.2) is 17.4 Å². The molecular formula is C19H25N3O. The summed E-state index contributed by atoms with van der Waals surface area (Å²) < 4.78 is 0. The molecule has 1 heterocycles. The number of carbonyl (C=O) groups is 1. The molecule has 4 nitrogen and oxygen atoms in total. The number of para-hydroxylation sites is 1. The van der Waals surface area contributed by atoms with Crippen molar-refractivity contribution in [1.29, 1.82) is 0 Å². The third-order valence-corrected chi connectivity index (χ3v) is 3.82. The third-order valence-electron chi connectivity index (χ3n) is 3.82. The van der Waals surface area contributed by atoms with Crippen molar-refractivity contribution in [3.63, 3.8) is 0 Å². The van der Waals surface area contributed by atoms with Gasteiger partial charge in [0.15, 0.2) is 0 Å². The van der Waals surface area contributed by atoms with Gasteiger partial charge in [0.25, 0.3) is 5.91 Å². The molecule has 23 heavy (non-hydrogen) atoms. The number of aryl methyl sites for hydroxylation is 2. The van der Waals surface area contributed by atoms with Gasteiger partial charge in [0.1, 0.15) is 0 Å². The molecule has 1 aromatic heterocycles. The summed E-state index contributed by atoms with van der Waals surface area (Å²) in [6, 6.07) is 8.00. The Bertz CT molecular complexity index is 647. The first kappa shape index (κ1) is 17.0. The van der Waals surface area contributed by atoms with E-state index in [9.17, 15) is 4.79 Å². The number of nitrogens with zero attached hydrogens (tertiary/aromatic N) is 1. The number of unbranched alkanes of at least 4 members (excludes halogenated alkanes) is 2. The number of pyridine rings is 1. The molecule has 0 atom stereocenters. The van der Waals surface area contributed by atoms with E-state index in [1.54, 1.807) is 12.4 Å². The second-order valence-electron chi connectivity index (χ2n) is 5.82. The average Bonchev–Trinajstić information content (AvgIpc) is 2.55. The maximum Gasteiger partial charge on any atom is 0.252 e. The van der Waals surface area contributed by atoms with Crippen molar-refractivity contribution in [2.24, 2.45) is 0 Å². The summed E-state index contributed by atoms with van der Waals surface area (Å²) in [5.41, 5.74) is 4.80. The second-order valence-corrected chi connectivity index (χ2v) is 5.82. The lowest BCUT2D eigenvalue weighted by atomic mass is 10.1. The molecule has 0 radical (unpaired) electrons. The second kappa shape index (κ2) is 8.32. The highest BCUT2D eigenvalue weighted by molar-refractivity contribution is 5.94. The number of hydrogen-bond donors (Lipinski definition) is 2. The minimum absolute atomic E-state index is 0.0706. The first-order valence-electron chi connectivity index (χ1n) is 8.18. The topological polar surface area (TPSA) is 54.0 Å². The van der Waals surface area contributed by atoms with Crippen molar-refractivity contribution in [1.82, 2.24) is 10.3 Å². The molecule has 0 saturated carbocycles. The van der Waals surface area contributed by atoms with E-state index in [2.05, 4.69) is 48.5 Å². The van der Waals surface area contributed by atoms with E-state index in [1.807, 2.05) is 12.1 Å². The van der Waals surface area contributed by atoms with E-state index in [4.69, 9.17) is 0 Å². The molecule has 2 N–H and O–H groups in total. The number of anilines is 2. The van der Waals surface area contributed by atoms with Crippen LogP contribution in [-0.2, 0) is 0 Å². The maximum atomic E-state index is 12.2. The molecule has 2 aromatic rings. The molecule has 2 rings (SSSR count). The van der Waals surface area contributed by atoms with Gasteiger partial charge in [-0.1, -0.05) is 38.0 Å². The molecule has 0 aliphatic rings. The van der Waals surface area contributed by atoms with Gasteiger partial charge in [-0.15, -0.1) is 0 Å². The van der Waals surface area contributed by atoms with E-state index in [0.717, 1.165) is 30.6 Å². The number of rotatable bonds is 7. The number of amides is 1.